The van der Waals surface area contributed by atoms with Crippen LogP contribution in [0.5, 0.6) is 11.5 Å². The van der Waals surface area contributed by atoms with Gasteiger partial charge < -0.3 is 14.5 Å². The monoisotopic (exact) mass is 636 g/mol. The SMILES string of the molecule is CC(C)(O)C(C)(C)O[B]c1ccc(-c2nc3ccccc3c3cc4c(cc23)-c2ccccc2C42c3ccccc3Oc3ccccc32)cc1. The van der Waals surface area contributed by atoms with Crippen molar-refractivity contribution < 1.29 is 14.5 Å². The van der Waals surface area contributed by atoms with Gasteiger partial charge in [-0.2, -0.15) is 0 Å². The summed E-state index contributed by atoms with van der Waals surface area (Å²) in [4.78, 5) is 5.28. The van der Waals surface area contributed by atoms with Crippen LogP contribution in [0.3, 0.4) is 0 Å². The fourth-order valence-corrected chi connectivity index (χ4v) is 7.60. The van der Waals surface area contributed by atoms with E-state index in [1.54, 1.807) is 21.3 Å². The predicted octanol–water partition coefficient (Wildman–Crippen LogP) is 9.33. The van der Waals surface area contributed by atoms with Crippen molar-refractivity contribution in [3.63, 3.8) is 0 Å². The molecular weight excluding hydrogens is 601 g/mol. The molecule has 1 aliphatic carbocycles. The number of ether oxygens (including phenoxy) is 1. The van der Waals surface area contributed by atoms with Gasteiger partial charge in [-0.05, 0) is 85.7 Å². The maximum absolute atomic E-state index is 10.5. The van der Waals surface area contributed by atoms with E-state index < -0.39 is 16.6 Å². The van der Waals surface area contributed by atoms with Gasteiger partial charge in [-0.1, -0.05) is 109 Å². The number of rotatable bonds is 5. The van der Waals surface area contributed by atoms with Gasteiger partial charge in [-0.25, -0.2) is 4.98 Å². The Labute approximate surface area is 287 Å². The average Bonchev–Trinajstić information content (AvgIpc) is 3.39. The molecule has 6 aromatic carbocycles. The van der Waals surface area contributed by atoms with E-state index in [2.05, 4.69) is 121 Å². The predicted molar refractivity (Wildman–Crippen MR) is 199 cm³/mol. The molecule has 49 heavy (non-hydrogen) atoms. The van der Waals surface area contributed by atoms with Gasteiger partial charge in [0.05, 0.1) is 27.8 Å². The van der Waals surface area contributed by atoms with Crippen LogP contribution in [0, 0.1) is 0 Å². The number of hydrogen-bond donors (Lipinski definition) is 1. The van der Waals surface area contributed by atoms with Crippen molar-refractivity contribution in [1.29, 1.82) is 0 Å². The Kier molecular flexibility index (Phi) is 6.49. The average molecular weight is 637 g/mol. The number of benzene rings is 6. The van der Waals surface area contributed by atoms with Gasteiger partial charge >= 0.3 is 7.48 Å². The van der Waals surface area contributed by atoms with Gasteiger partial charge in [0.25, 0.3) is 0 Å². The minimum absolute atomic E-state index is 0.537. The summed E-state index contributed by atoms with van der Waals surface area (Å²) < 4.78 is 12.6. The van der Waals surface area contributed by atoms with Crippen LogP contribution in [0.15, 0.2) is 133 Å². The third-order valence-electron chi connectivity index (χ3n) is 10.8. The summed E-state index contributed by atoms with van der Waals surface area (Å²) in [5.74, 6) is 1.77. The van der Waals surface area contributed by atoms with Crippen LogP contribution in [0.25, 0.3) is 44.1 Å². The lowest BCUT2D eigenvalue weighted by Crippen LogP contribution is -2.49. The van der Waals surface area contributed by atoms with Crippen LogP contribution in [0.1, 0.15) is 49.9 Å². The normalized spacial score (nSPS) is 14.2. The number of hydrogen-bond acceptors (Lipinski definition) is 4. The van der Waals surface area contributed by atoms with Gasteiger partial charge in [-0.3, -0.25) is 0 Å². The third kappa shape index (κ3) is 4.36. The maximum atomic E-state index is 10.5. The van der Waals surface area contributed by atoms with Crippen molar-refractivity contribution in [2.75, 3.05) is 0 Å². The van der Waals surface area contributed by atoms with Crippen molar-refractivity contribution in [2.24, 2.45) is 0 Å². The van der Waals surface area contributed by atoms with E-state index in [0.29, 0.717) is 0 Å². The van der Waals surface area contributed by atoms with Gasteiger partial charge in [0, 0.05) is 27.5 Å². The molecule has 1 N–H and O–H groups in total. The van der Waals surface area contributed by atoms with Gasteiger partial charge in [0.15, 0.2) is 0 Å². The van der Waals surface area contributed by atoms with Crippen LogP contribution in [-0.2, 0) is 10.1 Å². The van der Waals surface area contributed by atoms with Crippen molar-refractivity contribution in [3.05, 3.63) is 156 Å². The highest BCUT2D eigenvalue weighted by atomic mass is 16.5. The molecule has 7 aromatic rings. The van der Waals surface area contributed by atoms with Crippen LogP contribution >= 0.6 is 0 Å². The van der Waals surface area contributed by atoms with Gasteiger partial charge in [0.1, 0.15) is 11.5 Å². The molecule has 0 bridgehead atoms. The van der Waals surface area contributed by atoms with Gasteiger partial charge in [-0.15, -0.1) is 0 Å². The molecular formula is C44H35BNO3. The molecule has 4 nitrogen and oxygen atoms in total. The molecule has 5 heteroatoms. The smallest absolute Gasteiger partial charge is 0.330 e. The minimum atomic E-state index is -0.996. The molecule has 0 atom stereocenters. The topological polar surface area (TPSA) is 51.6 Å². The Morgan fingerprint density at radius 3 is 1.92 bits per heavy atom. The number of aliphatic hydroxyl groups is 1. The summed E-state index contributed by atoms with van der Waals surface area (Å²) in [6, 6.07) is 47.3. The van der Waals surface area contributed by atoms with Crippen LogP contribution < -0.4 is 10.2 Å². The first-order valence-corrected chi connectivity index (χ1v) is 16.8. The highest BCUT2D eigenvalue weighted by molar-refractivity contribution is 6.47. The Hall–Kier alpha value is -5.23. The first kappa shape index (κ1) is 29.9. The van der Waals surface area contributed by atoms with Crippen molar-refractivity contribution in [3.8, 4) is 33.9 Å². The Morgan fingerprint density at radius 1 is 0.612 bits per heavy atom. The van der Waals surface area contributed by atoms with E-state index in [-0.39, 0.29) is 0 Å². The van der Waals surface area contributed by atoms with Crippen LogP contribution in [-0.4, -0.2) is 28.8 Å². The van der Waals surface area contributed by atoms with E-state index in [0.717, 1.165) is 55.6 Å². The second kappa shape index (κ2) is 10.6. The number of fused-ring (bicyclic) bond motifs is 12. The second-order valence-electron chi connectivity index (χ2n) is 14.2. The molecule has 0 saturated carbocycles. The molecule has 0 fully saturated rings. The molecule has 1 spiro atoms. The molecule has 0 amide bonds. The lowest BCUT2D eigenvalue weighted by molar-refractivity contribution is -0.0893. The van der Waals surface area contributed by atoms with Crippen LogP contribution in [0.4, 0.5) is 0 Å². The zero-order valence-corrected chi connectivity index (χ0v) is 28.0. The molecule has 2 heterocycles. The zero-order chi connectivity index (χ0) is 33.5. The highest BCUT2D eigenvalue weighted by Gasteiger charge is 2.51. The Balaban J connectivity index is 1.28. The molecule has 0 saturated heterocycles. The number of pyridine rings is 1. The Bertz CT molecular complexity index is 2400. The summed E-state index contributed by atoms with van der Waals surface area (Å²) in [7, 11) is 1.72. The van der Waals surface area contributed by atoms with Crippen molar-refractivity contribution in [2.45, 2.75) is 44.3 Å². The molecule has 237 valence electrons. The first-order valence-electron chi connectivity index (χ1n) is 16.8. The van der Waals surface area contributed by atoms with E-state index in [1.165, 1.54) is 27.6 Å². The molecule has 9 rings (SSSR count). The lowest BCUT2D eigenvalue weighted by atomic mass is 9.66. The first-order chi connectivity index (χ1) is 23.7. The molecule has 2 aliphatic rings. The largest absolute Gasteiger partial charge is 0.457 e. The Morgan fingerprint density at radius 2 is 1.22 bits per heavy atom. The fraction of sp³-hybridized carbons (Fsp3) is 0.159. The summed E-state index contributed by atoms with van der Waals surface area (Å²) in [6.45, 7) is 7.30. The van der Waals surface area contributed by atoms with Crippen LogP contribution in [0.2, 0.25) is 0 Å². The molecule has 1 aliphatic heterocycles. The van der Waals surface area contributed by atoms with Crippen molar-refractivity contribution >= 4 is 34.6 Å². The third-order valence-corrected chi connectivity index (χ3v) is 10.8. The second-order valence-corrected chi connectivity index (χ2v) is 14.2. The summed E-state index contributed by atoms with van der Waals surface area (Å²) in [6.07, 6.45) is 0. The minimum Gasteiger partial charge on any atom is -0.457 e. The fourth-order valence-electron chi connectivity index (χ4n) is 7.60. The quantitative estimate of drug-likeness (QED) is 0.151. The summed E-state index contributed by atoms with van der Waals surface area (Å²) >= 11 is 0. The number of aromatic nitrogens is 1. The highest BCUT2D eigenvalue weighted by Crippen LogP contribution is 2.62. The van der Waals surface area contributed by atoms with E-state index in [9.17, 15) is 5.11 Å². The molecule has 1 aromatic heterocycles. The summed E-state index contributed by atoms with van der Waals surface area (Å²) in [5.41, 5.74) is 8.80. The molecule has 0 unspecified atom stereocenters. The maximum Gasteiger partial charge on any atom is 0.330 e. The van der Waals surface area contributed by atoms with Crippen molar-refractivity contribution in [1.82, 2.24) is 4.98 Å². The zero-order valence-electron chi connectivity index (χ0n) is 28.0. The number of para-hydroxylation sites is 3. The number of nitrogens with zero attached hydrogens (tertiary/aromatic N) is 1. The van der Waals surface area contributed by atoms with E-state index in [1.807, 2.05) is 26.0 Å². The summed E-state index contributed by atoms with van der Waals surface area (Å²) in [5, 5.41) is 13.9. The lowest BCUT2D eigenvalue weighted by Gasteiger charge is -2.39. The van der Waals surface area contributed by atoms with E-state index >= 15 is 0 Å². The van der Waals surface area contributed by atoms with Gasteiger partial charge in [0.2, 0.25) is 0 Å². The van der Waals surface area contributed by atoms with E-state index in [4.69, 9.17) is 14.4 Å². The standard InChI is InChI=1S/C44H35BNO3/c1-42(2,47)43(3,4)49-45-28-23-21-27(22-24-28)41-33-25-32-29-13-5-7-15-34(29)44(37(32)26-31(33)30-14-6-10-18-38(30)46-41)35-16-8-11-19-39(35)48-40-20-12-9-17-36(40)44/h5-26,47H,1-4H3. The molecule has 1 radical (unpaired) electrons.